The molecule has 2 saturated carbocycles. The molecule has 1 aliphatic heterocycles. The van der Waals surface area contributed by atoms with Crippen molar-refractivity contribution >= 4 is 29.0 Å². The third kappa shape index (κ3) is 4.37. The Labute approximate surface area is 281 Å². The van der Waals surface area contributed by atoms with Crippen LogP contribution in [0.1, 0.15) is 78.7 Å². The molecule has 6 heteroatoms. The van der Waals surface area contributed by atoms with E-state index in [9.17, 15) is 14.7 Å². The third-order valence-electron chi connectivity index (χ3n) is 12.2. The molecule has 1 heterocycles. The number of imide groups is 1. The molecule has 48 heavy (non-hydrogen) atoms. The lowest BCUT2D eigenvalue weighted by molar-refractivity contribution is -0.144. The molecule has 0 aromatic heterocycles. The zero-order chi connectivity index (χ0) is 33.3. The number of aromatic hydroxyl groups is 1. The van der Waals surface area contributed by atoms with E-state index in [0.29, 0.717) is 35.1 Å². The van der Waals surface area contributed by atoms with E-state index in [-0.39, 0.29) is 41.1 Å². The molecule has 1 N–H and O–H groups in total. The first kappa shape index (κ1) is 30.7. The number of rotatable bonds is 4. The summed E-state index contributed by atoms with van der Waals surface area (Å²) < 4.78 is 0. The van der Waals surface area contributed by atoms with Crippen LogP contribution in [0.2, 0.25) is 0 Å². The van der Waals surface area contributed by atoms with Gasteiger partial charge in [-0.1, -0.05) is 104 Å². The number of nitrogens with zero attached hydrogens (tertiary/aromatic N) is 1. The summed E-state index contributed by atoms with van der Waals surface area (Å²) in [6.45, 7) is 3.71. The molecule has 0 spiro atoms. The van der Waals surface area contributed by atoms with Crippen LogP contribution in [0.25, 0.3) is 5.57 Å². The van der Waals surface area contributed by atoms with Gasteiger partial charge in [-0.2, -0.15) is 0 Å². The van der Waals surface area contributed by atoms with Crippen molar-refractivity contribution in [3.8, 4) is 5.75 Å². The van der Waals surface area contributed by atoms with E-state index in [0.717, 1.165) is 48.8 Å². The molecular weight excluding hydrogens is 598 g/mol. The van der Waals surface area contributed by atoms with Crippen molar-refractivity contribution in [1.82, 2.24) is 4.90 Å². The zero-order valence-corrected chi connectivity index (χ0v) is 27.5. The normalized spacial score (nSPS) is 30.4. The number of likely N-dealkylation sites (tertiary alicyclic amines) is 1. The molecule has 0 radical (unpaired) electrons. The Balaban J connectivity index is 1.36. The van der Waals surface area contributed by atoms with Crippen molar-refractivity contribution in [2.24, 2.45) is 23.7 Å². The first-order valence-electron chi connectivity index (χ1n) is 17.5. The maximum absolute atomic E-state index is 15.1. The molecular formula is C42H41NO5. The summed E-state index contributed by atoms with van der Waals surface area (Å²) in [7, 11) is 0. The molecule has 0 bridgehead atoms. The minimum atomic E-state index is -1.27. The van der Waals surface area contributed by atoms with Crippen LogP contribution in [-0.2, 0) is 24.6 Å². The number of phenolic OH excluding ortho intramolecular Hbond substituents is 1. The van der Waals surface area contributed by atoms with Gasteiger partial charge in [-0.05, 0) is 79.3 Å². The van der Waals surface area contributed by atoms with Crippen LogP contribution < -0.4 is 0 Å². The largest absolute Gasteiger partial charge is 0.507 e. The first-order chi connectivity index (χ1) is 23.2. The standard InChI is InChI=1S/C42H41NO5/c1-24-20-27(21-25(2)38(24)45)37-30-18-19-31-36(41(48)43(40(31)47)29-16-10-5-11-17-29)33(30)22-34-39(46)32(26-12-6-3-7-13-26)23-35(44)42(34,37)28-14-8-4-9-15-28/h3-4,6-9,12-15,18,20-21,23,29,31,33-34,36-37,45H,5,10-11,16-17,19,22H2,1-2H3. The SMILES string of the molecule is Cc1cc(C2C3=CCC4C(=O)N(C5CCCCC5)C(=O)C4C3CC3C(=O)C(c4ccccc4)=CC(=O)C32c2ccccc2)cc(C)c1O. The third-order valence-corrected chi connectivity index (χ3v) is 12.2. The predicted octanol–water partition coefficient (Wildman–Crippen LogP) is 7.17. The second-order valence-electron chi connectivity index (χ2n) is 14.6. The molecule has 3 fully saturated rings. The monoisotopic (exact) mass is 639 g/mol. The molecule has 6 nitrogen and oxygen atoms in total. The zero-order valence-electron chi connectivity index (χ0n) is 27.5. The number of phenols is 1. The van der Waals surface area contributed by atoms with Gasteiger partial charge in [0.15, 0.2) is 11.6 Å². The quantitative estimate of drug-likeness (QED) is 0.242. The summed E-state index contributed by atoms with van der Waals surface area (Å²) in [5.74, 6) is -2.95. The molecule has 2 amide bonds. The van der Waals surface area contributed by atoms with Gasteiger partial charge < -0.3 is 5.11 Å². The van der Waals surface area contributed by atoms with Gasteiger partial charge in [-0.3, -0.25) is 24.1 Å². The maximum Gasteiger partial charge on any atom is 0.233 e. The van der Waals surface area contributed by atoms with Crippen molar-refractivity contribution in [1.29, 1.82) is 0 Å². The number of allylic oxidation sites excluding steroid dienone is 4. The van der Waals surface area contributed by atoms with E-state index in [1.807, 2.05) is 86.6 Å². The number of fused-ring (bicyclic) bond motifs is 4. The number of Topliss-reactive ketones (excluding diaryl/α,β-unsaturated/α-hetero) is 1. The van der Waals surface area contributed by atoms with E-state index < -0.39 is 29.1 Å². The molecule has 6 unspecified atom stereocenters. The van der Waals surface area contributed by atoms with Gasteiger partial charge in [0.05, 0.1) is 17.3 Å². The Morgan fingerprint density at radius 1 is 0.792 bits per heavy atom. The molecule has 8 rings (SSSR count). The predicted molar refractivity (Wildman–Crippen MR) is 183 cm³/mol. The number of carbonyl (C=O) groups excluding carboxylic acids is 4. The number of hydrogen-bond acceptors (Lipinski definition) is 5. The van der Waals surface area contributed by atoms with Crippen LogP contribution >= 0.6 is 0 Å². The highest BCUT2D eigenvalue weighted by Gasteiger charge is 2.66. The highest BCUT2D eigenvalue weighted by Crippen LogP contribution is 2.64. The van der Waals surface area contributed by atoms with Crippen LogP contribution in [0.5, 0.6) is 5.75 Å². The van der Waals surface area contributed by atoms with E-state index >= 15 is 9.59 Å². The van der Waals surface area contributed by atoms with Gasteiger partial charge in [0.25, 0.3) is 0 Å². The molecule has 244 valence electrons. The lowest BCUT2D eigenvalue weighted by Crippen LogP contribution is -2.58. The fourth-order valence-electron chi connectivity index (χ4n) is 10.1. The Kier molecular flexibility index (Phi) is 7.39. The lowest BCUT2D eigenvalue weighted by Gasteiger charge is -2.55. The highest BCUT2D eigenvalue weighted by molar-refractivity contribution is 6.31. The molecule has 1 saturated heterocycles. The smallest absolute Gasteiger partial charge is 0.233 e. The number of benzene rings is 3. The van der Waals surface area contributed by atoms with Gasteiger partial charge in [-0.25, -0.2) is 0 Å². The summed E-state index contributed by atoms with van der Waals surface area (Å²) in [5, 5.41) is 10.8. The number of amides is 2. The number of hydrogen-bond donors (Lipinski definition) is 1. The average Bonchev–Trinajstić information content (AvgIpc) is 3.37. The van der Waals surface area contributed by atoms with Crippen molar-refractivity contribution in [2.45, 2.75) is 76.2 Å². The van der Waals surface area contributed by atoms with E-state index in [1.54, 1.807) is 11.0 Å². The second kappa shape index (κ2) is 11.5. The molecule has 3 aromatic carbocycles. The Morgan fingerprint density at radius 3 is 2.10 bits per heavy atom. The second-order valence-corrected chi connectivity index (χ2v) is 14.6. The van der Waals surface area contributed by atoms with Gasteiger partial charge >= 0.3 is 0 Å². The van der Waals surface area contributed by atoms with Gasteiger partial charge in [0.1, 0.15) is 5.75 Å². The van der Waals surface area contributed by atoms with Crippen LogP contribution in [0.15, 0.2) is 90.5 Å². The van der Waals surface area contributed by atoms with Crippen molar-refractivity contribution in [3.63, 3.8) is 0 Å². The molecule has 5 aliphatic rings. The van der Waals surface area contributed by atoms with Gasteiger partial charge in [-0.15, -0.1) is 0 Å². The van der Waals surface area contributed by atoms with Crippen molar-refractivity contribution in [3.05, 3.63) is 118 Å². The fourth-order valence-corrected chi connectivity index (χ4v) is 10.1. The van der Waals surface area contributed by atoms with Crippen LogP contribution in [0, 0.1) is 37.5 Å². The Bertz CT molecular complexity index is 1880. The summed E-state index contributed by atoms with van der Waals surface area (Å²) in [6.07, 6.45) is 9.24. The number of aryl methyl sites for hydroxylation is 2. The summed E-state index contributed by atoms with van der Waals surface area (Å²) in [6, 6.07) is 22.8. The number of carbonyl (C=O) groups is 4. The average molecular weight is 640 g/mol. The van der Waals surface area contributed by atoms with Crippen molar-refractivity contribution in [2.75, 3.05) is 0 Å². The minimum absolute atomic E-state index is 0.0662. The first-order valence-corrected chi connectivity index (χ1v) is 17.5. The number of ketones is 2. The summed E-state index contributed by atoms with van der Waals surface area (Å²) >= 11 is 0. The lowest BCUT2D eigenvalue weighted by atomic mass is 9.44. The Morgan fingerprint density at radius 2 is 1.44 bits per heavy atom. The van der Waals surface area contributed by atoms with Gasteiger partial charge in [0, 0.05) is 23.5 Å². The summed E-state index contributed by atoms with van der Waals surface area (Å²) in [5.41, 5.74) is 3.77. The van der Waals surface area contributed by atoms with Gasteiger partial charge in [0.2, 0.25) is 11.8 Å². The van der Waals surface area contributed by atoms with E-state index in [4.69, 9.17) is 0 Å². The Hall–Kier alpha value is -4.58. The highest BCUT2D eigenvalue weighted by atomic mass is 16.3. The van der Waals surface area contributed by atoms with Crippen LogP contribution in [0.4, 0.5) is 0 Å². The topological polar surface area (TPSA) is 91.8 Å². The van der Waals surface area contributed by atoms with Crippen LogP contribution in [0.3, 0.4) is 0 Å². The van der Waals surface area contributed by atoms with Crippen molar-refractivity contribution < 1.29 is 24.3 Å². The maximum atomic E-state index is 15.1. The van der Waals surface area contributed by atoms with E-state index in [2.05, 4.69) is 6.08 Å². The fraction of sp³-hybridized carbons (Fsp3) is 0.381. The summed E-state index contributed by atoms with van der Waals surface area (Å²) in [4.78, 5) is 60.3. The minimum Gasteiger partial charge on any atom is -0.507 e. The molecule has 3 aromatic rings. The van der Waals surface area contributed by atoms with Crippen LogP contribution in [-0.4, -0.2) is 39.4 Å². The molecule has 6 atom stereocenters. The molecule has 4 aliphatic carbocycles. The van der Waals surface area contributed by atoms with E-state index in [1.165, 1.54) is 0 Å².